The largest absolute Gasteiger partial charge is 0.481 e. The zero-order valence-corrected chi connectivity index (χ0v) is 27.3. The minimum atomic E-state index is -0.802. The molecule has 4 aromatic rings. The van der Waals surface area contributed by atoms with E-state index in [0.29, 0.717) is 32.2 Å². The normalized spacial score (nSPS) is 18.7. The van der Waals surface area contributed by atoms with E-state index in [9.17, 15) is 14.7 Å². The summed E-state index contributed by atoms with van der Waals surface area (Å²) in [6.45, 7) is 3.36. The SMILES string of the molecule is CC(c1ccc2ccccc2c1)N(C)CC1CC(c2ccc(CO)cc2)OC(c2ccc(CNC(=O)CCCCCC(=O)O)cc2)O1. The summed E-state index contributed by atoms with van der Waals surface area (Å²) in [4.78, 5) is 25.3. The molecular weight excluding hydrogens is 592 g/mol. The number of amides is 1. The Morgan fingerprint density at radius 2 is 1.53 bits per heavy atom. The predicted molar refractivity (Wildman–Crippen MR) is 182 cm³/mol. The van der Waals surface area contributed by atoms with Gasteiger partial charge >= 0.3 is 5.97 Å². The van der Waals surface area contributed by atoms with Gasteiger partial charge in [0.15, 0.2) is 6.29 Å². The highest BCUT2D eigenvalue weighted by molar-refractivity contribution is 5.83. The molecule has 1 heterocycles. The van der Waals surface area contributed by atoms with Gasteiger partial charge in [-0.05, 0) is 65.9 Å². The van der Waals surface area contributed by atoms with Crippen molar-refractivity contribution in [1.82, 2.24) is 10.2 Å². The van der Waals surface area contributed by atoms with Crippen LogP contribution < -0.4 is 5.32 Å². The lowest BCUT2D eigenvalue weighted by Gasteiger charge is -2.39. The fourth-order valence-corrected chi connectivity index (χ4v) is 6.05. The monoisotopic (exact) mass is 638 g/mol. The van der Waals surface area contributed by atoms with Crippen molar-refractivity contribution >= 4 is 22.6 Å². The second-order valence-electron chi connectivity index (χ2n) is 12.5. The number of fused-ring (bicyclic) bond motifs is 1. The first-order chi connectivity index (χ1) is 22.8. The van der Waals surface area contributed by atoms with E-state index in [0.717, 1.165) is 35.2 Å². The topological polar surface area (TPSA) is 108 Å². The number of benzene rings is 4. The predicted octanol–water partition coefficient (Wildman–Crippen LogP) is 7.22. The third-order valence-electron chi connectivity index (χ3n) is 9.06. The maximum absolute atomic E-state index is 12.3. The molecule has 1 fully saturated rings. The number of carboxylic acids is 1. The maximum atomic E-state index is 12.3. The Morgan fingerprint density at radius 1 is 0.851 bits per heavy atom. The lowest BCUT2D eigenvalue weighted by atomic mass is 9.98. The number of unbranched alkanes of at least 4 members (excludes halogenated alkanes) is 2. The zero-order valence-electron chi connectivity index (χ0n) is 27.3. The number of ether oxygens (including phenoxy) is 2. The van der Waals surface area contributed by atoms with Gasteiger partial charge in [-0.1, -0.05) is 91.3 Å². The van der Waals surface area contributed by atoms with Crippen molar-refractivity contribution in [3.05, 3.63) is 119 Å². The van der Waals surface area contributed by atoms with E-state index < -0.39 is 12.3 Å². The molecule has 4 unspecified atom stereocenters. The van der Waals surface area contributed by atoms with Crippen LogP contribution >= 0.6 is 0 Å². The second kappa shape index (κ2) is 16.7. The summed E-state index contributed by atoms with van der Waals surface area (Å²) in [5.41, 5.74) is 5.05. The number of carbonyl (C=O) groups is 2. The van der Waals surface area contributed by atoms with Crippen LogP contribution in [0.25, 0.3) is 10.8 Å². The van der Waals surface area contributed by atoms with Crippen LogP contribution in [0.4, 0.5) is 0 Å². The average molecular weight is 639 g/mol. The van der Waals surface area contributed by atoms with Gasteiger partial charge in [-0.25, -0.2) is 0 Å². The molecule has 0 aromatic heterocycles. The molecule has 8 heteroatoms. The van der Waals surface area contributed by atoms with Crippen LogP contribution in [0, 0.1) is 0 Å². The number of carbonyl (C=O) groups excluding carboxylic acids is 1. The summed E-state index contributed by atoms with van der Waals surface area (Å²) >= 11 is 0. The van der Waals surface area contributed by atoms with Crippen molar-refractivity contribution in [2.24, 2.45) is 0 Å². The smallest absolute Gasteiger partial charge is 0.303 e. The van der Waals surface area contributed by atoms with Crippen LogP contribution in [0.5, 0.6) is 0 Å². The Morgan fingerprint density at radius 3 is 2.26 bits per heavy atom. The maximum Gasteiger partial charge on any atom is 0.303 e. The van der Waals surface area contributed by atoms with E-state index in [1.807, 2.05) is 48.5 Å². The zero-order chi connectivity index (χ0) is 33.2. The highest BCUT2D eigenvalue weighted by Crippen LogP contribution is 2.39. The van der Waals surface area contributed by atoms with Gasteiger partial charge in [-0.15, -0.1) is 0 Å². The van der Waals surface area contributed by atoms with Crippen LogP contribution in [0.2, 0.25) is 0 Å². The molecule has 47 heavy (non-hydrogen) atoms. The molecule has 1 amide bonds. The van der Waals surface area contributed by atoms with Gasteiger partial charge < -0.3 is 25.0 Å². The Bertz CT molecular complexity index is 1610. The van der Waals surface area contributed by atoms with E-state index >= 15 is 0 Å². The van der Waals surface area contributed by atoms with Gasteiger partial charge in [0, 0.05) is 44.0 Å². The molecular formula is C39H46N2O6. The van der Waals surface area contributed by atoms with Crippen LogP contribution in [0.3, 0.4) is 0 Å². The van der Waals surface area contributed by atoms with Gasteiger partial charge in [0.05, 0.1) is 18.8 Å². The standard InChI is InChI=1S/C39H46N2O6/c1-27(33-21-20-30-8-6-7-9-34(30)22-33)41(2)25-35-23-36(31-16-14-29(26-42)15-17-31)47-39(46-35)32-18-12-28(13-19-32)24-40-37(43)10-4-3-5-11-38(44)45/h6-9,12-22,27,35-36,39,42H,3-5,10-11,23-26H2,1-2H3,(H,40,43)(H,44,45). The van der Waals surface area contributed by atoms with E-state index in [-0.39, 0.29) is 37.2 Å². The van der Waals surface area contributed by atoms with Gasteiger partial charge in [0.25, 0.3) is 0 Å². The molecule has 5 rings (SSSR count). The number of likely N-dealkylation sites (N-methyl/N-ethyl adjacent to an activating group) is 1. The summed E-state index contributed by atoms with van der Waals surface area (Å²) in [6, 6.07) is 31.1. The summed E-state index contributed by atoms with van der Waals surface area (Å²) in [5.74, 6) is -0.841. The van der Waals surface area contributed by atoms with E-state index in [4.69, 9.17) is 14.6 Å². The Kier molecular flexibility index (Phi) is 12.1. The number of aliphatic carboxylic acids is 1. The molecule has 0 aliphatic carbocycles. The minimum Gasteiger partial charge on any atom is -0.481 e. The van der Waals surface area contributed by atoms with Gasteiger partial charge in [0.2, 0.25) is 5.91 Å². The molecule has 3 N–H and O–H groups in total. The molecule has 0 radical (unpaired) electrons. The first kappa shape index (κ1) is 34.3. The van der Waals surface area contributed by atoms with E-state index in [1.165, 1.54) is 16.3 Å². The lowest BCUT2D eigenvalue weighted by molar-refractivity contribution is -0.253. The molecule has 4 aromatic carbocycles. The number of carboxylic acid groups (broad SMARTS) is 1. The Balaban J connectivity index is 1.23. The summed E-state index contributed by atoms with van der Waals surface area (Å²) in [5, 5.41) is 23.7. The van der Waals surface area contributed by atoms with Gasteiger partial charge in [-0.3, -0.25) is 14.5 Å². The second-order valence-corrected chi connectivity index (χ2v) is 12.5. The minimum absolute atomic E-state index is 0.00276. The first-order valence-electron chi connectivity index (χ1n) is 16.6. The van der Waals surface area contributed by atoms with Gasteiger partial charge in [0.1, 0.15) is 0 Å². The van der Waals surface area contributed by atoms with Crippen molar-refractivity contribution in [3.63, 3.8) is 0 Å². The number of nitrogens with one attached hydrogen (secondary N) is 1. The van der Waals surface area contributed by atoms with Gasteiger partial charge in [-0.2, -0.15) is 0 Å². The number of rotatable bonds is 15. The molecule has 0 spiro atoms. The molecule has 0 saturated carbocycles. The molecule has 0 bridgehead atoms. The van der Waals surface area contributed by atoms with Crippen molar-refractivity contribution in [2.75, 3.05) is 13.6 Å². The molecule has 4 atom stereocenters. The summed E-state index contributed by atoms with van der Waals surface area (Å²) in [6.07, 6.45) is 2.39. The van der Waals surface area contributed by atoms with Crippen LogP contribution in [0.15, 0.2) is 91.0 Å². The van der Waals surface area contributed by atoms with E-state index in [1.54, 1.807) is 0 Å². The molecule has 248 valence electrons. The van der Waals surface area contributed by atoms with Crippen molar-refractivity contribution in [1.29, 1.82) is 0 Å². The van der Waals surface area contributed by atoms with E-state index in [2.05, 4.69) is 66.7 Å². The number of hydrogen-bond donors (Lipinski definition) is 3. The highest BCUT2D eigenvalue weighted by atomic mass is 16.7. The van der Waals surface area contributed by atoms with Crippen LogP contribution in [-0.4, -0.2) is 46.7 Å². The van der Waals surface area contributed by atoms with Crippen molar-refractivity contribution in [3.8, 4) is 0 Å². The van der Waals surface area contributed by atoms with Crippen LogP contribution in [0.1, 0.15) is 91.7 Å². The summed E-state index contributed by atoms with van der Waals surface area (Å²) in [7, 11) is 2.14. The molecule has 8 nitrogen and oxygen atoms in total. The molecule has 1 saturated heterocycles. The van der Waals surface area contributed by atoms with Crippen molar-refractivity contribution in [2.45, 2.75) is 83.1 Å². The van der Waals surface area contributed by atoms with Crippen molar-refractivity contribution < 1.29 is 29.3 Å². The number of aliphatic hydroxyl groups excluding tert-OH is 1. The Labute approximate surface area is 277 Å². The fourth-order valence-electron chi connectivity index (χ4n) is 6.05. The average Bonchev–Trinajstić information content (AvgIpc) is 3.10. The first-order valence-corrected chi connectivity index (χ1v) is 16.6. The number of aliphatic hydroxyl groups is 1. The third kappa shape index (κ3) is 9.72. The highest BCUT2D eigenvalue weighted by Gasteiger charge is 2.33. The fraction of sp³-hybridized carbons (Fsp3) is 0.385. The summed E-state index contributed by atoms with van der Waals surface area (Å²) < 4.78 is 13.1. The third-order valence-corrected chi connectivity index (χ3v) is 9.06. The Hall–Kier alpha value is -4.08. The molecule has 1 aliphatic heterocycles. The molecule has 1 aliphatic rings. The van der Waals surface area contributed by atoms with Crippen LogP contribution in [-0.2, 0) is 32.2 Å². The number of hydrogen-bond acceptors (Lipinski definition) is 6. The number of nitrogens with zero attached hydrogens (tertiary/aromatic N) is 1. The lowest BCUT2D eigenvalue weighted by Crippen LogP contribution is -2.38. The quantitative estimate of drug-likeness (QED) is 0.118.